The Bertz CT molecular complexity index is 834. The normalized spacial score (nSPS) is 12.4. The molecule has 1 atom stereocenters. The number of hydrogen-bond donors (Lipinski definition) is 3. The molecular weight excluding hydrogens is 386 g/mol. The van der Waals surface area contributed by atoms with Gasteiger partial charge in [-0.15, -0.1) is 11.3 Å². The van der Waals surface area contributed by atoms with Gasteiger partial charge in [-0.2, -0.15) is 0 Å². The number of ether oxygens (including phenoxy) is 1. The first-order chi connectivity index (χ1) is 13.9. The number of aliphatic imine (C=N–C) groups is 1. The third-order valence-electron chi connectivity index (χ3n) is 4.45. The van der Waals surface area contributed by atoms with Crippen LogP contribution in [0.2, 0.25) is 0 Å². The number of aromatic nitrogens is 1. The topological polar surface area (TPSA) is 87.6 Å². The van der Waals surface area contributed by atoms with Gasteiger partial charge in [0.1, 0.15) is 10.6 Å². The minimum atomic E-state index is -0.0961. The van der Waals surface area contributed by atoms with Gasteiger partial charge in [-0.1, -0.05) is 19.1 Å². The first-order valence-electron chi connectivity index (χ1n) is 9.83. The van der Waals surface area contributed by atoms with Crippen LogP contribution in [0.15, 0.2) is 28.7 Å². The molecule has 1 aromatic carbocycles. The Morgan fingerprint density at radius 3 is 2.66 bits per heavy atom. The lowest BCUT2D eigenvalue weighted by Gasteiger charge is -2.18. The van der Waals surface area contributed by atoms with Crippen LogP contribution < -0.4 is 20.7 Å². The highest BCUT2D eigenvalue weighted by molar-refractivity contribution is 7.11. The lowest BCUT2D eigenvalue weighted by Crippen LogP contribution is -2.41. The van der Waals surface area contributed by atoms with E-state index in [-0.39, 0.29) is 12.0 Å². The van der Waals surface area contributed by atoms with Crippen LogP contribution >= 0.6 is 11.3 Å². The lowest BCUT2D eigenvalue weighted by molar-refractivity contribution is 0.0957. The van der Waals surface area contributed by atoms with E-state index in [1.54, 1.807) is 12.6 Å². The molecule has 3 N–H and O–H groups in total. The predicted molar refractivity (Wildman–Crippen MR) is 119 cm³/mol. The van der Waals surface area contributed by atoms with Gasteiger partial charge in [0.2, 0.25) is 0 Å². The van der Waals surface area contributed by atoms with Gasteiger partial charge < -0.3 is 20.7 Å². The number of guanidine groups is 1. The fraction of sp³-hybridized carbons (Fsp3) is 0.476. The third-order valence-corrected chi connectivity index (χ3v) is 5.38. The molecule has 1 unspecified atom stereocenters. The van der Waals surface area contributed by atoms with Gasteiger partial charge in [0, 0.05) is 32.2 Å². The van der Waals surface area contributed by atoms with E-state index in [1.807, 2.05) is 6.92 Å². The van der Waals surface area contributed by atoms with Crippen molar-refractivity contribution in [1.82, 2.24) is 20.9 Å². The van der Waals surface area contributed by atoms with Gasteiger partial charge in [-0.05, 0) is 38.8 Å². The van der Waals surface area contributed by atoms with Crippen molar-refractivity contribution in [3.63, 3.8) is 0 Å². The lowest BCUT2D eigenvalue weighted by atomic mass is 10.1. The molecule has 0 aliphatic heterocycles. The molecule has 2 rings (SSSR count). The summed E-state index contributed by atoms with van der Waals surface area (Å²) >= 11 is 1.35. The summed E-state index contributed by atoms with van der Waals surface area (Å²) in [6, 6.07) is 6.22. The maximum absolute atomic E-state index is 12.1. The highest BCUT2D eigenvalue weighted by Gasteiger charge is 2.11. The van der Waals surface area contributed by atoms with E-state index in [0.29, 0.717) is 30.5 Å². The number of rotatable bonds is 9. The SMILES string of the molecule is CCC(C)Oc1cc(C)ccc1CNC(=NC)NCCNC(=O)c1scnc1C. The molecule has 1 heterocycles. The molecule has 0 aliphatic rings. The molecule has 0 bridgehead atoms. The number of benzene rings is 1. The maximum atomic E-state index is 12.1. The molecule has 0 radical (unpaired) electrons. The maximum Gasteiger partial charge on any atom is 0.263 e. The van der Waals surface area contributed by atoms with Gasteiger partial charge in [0.25, 0.3) is 5.91 Å². The number of thiazole rings is 1. The second kappa shape index (κ2) is 11.4. The molecule has 0 saturated heterocycles. The summed E-state index contributed by atoms with van der Waals surface area (Å²) in [6.07, 6.45) is 1.12. The smallest absolute Gasteiger partial charge is 0.263 e. The molecule has 29 heavy (non-hydrogen) atoms. The van der Waals surface area contributed by atoms with Crippen LogP contribution in [0.4, 0.5) is 0 Å². The Labute approximate surface area is 177 Å². The van der Waals surface area contributed by atoms with Gasteiger partial charge >= 0.3 is 0 Å². The van der Waals surface area contributed by atoms with Crippen molar-refractivity contribution in [1.29, 1.82) is 0 Å². The molecule has 0 spiro atoms. The van der Waals surface area contributed by atoms with Crippen LogP contribution in [-0.4, -0.2) is 43.1 Å². The van der Waals surface area contributed by atoms with Crippen molar-refractivity contribution in [2.45, 2.75) is 46.8 Å². The Morgan fingerprint density at radius 2 is 2.00 bits per heavy atom. The van der Waals surface area contributed by atoms with Crippen LogP contribution in [0.5, 0.6) is 5.75 Å². The van der Waals surface area contributed by atoms with Gasteiger partial charge in [0.15, 0.2) is 5.96 Å². The third kappa shape index (κ3) is 7.05. The van der Waals surface area contributed by atoms with Crippen LogP contribution in [0.1, 0.15) is 46.8 Å². The Kier molecular flexibility index (Phi) is 8.92. The van der Waals surface area contributed by atoms with Gasteiger partial charge in [-0.25, -0.2) is 4.98 Å². The van der Waals surface area contributed by atoms with E-state index in [4.69, 9.17) is 4.74 Å². The van der Waals surface area contributed by atoms with Crippen LogP contribution in [0, 0.1) is 13.8 Å². The molecule has 158 valence electrons. The minimum absolute atomic E-state index is 0.0961. The number of carbonyl (C=O) groups excluding carboxylic acids is 1. The number of hydrogen-bond acceptors (Lipinski definition) is 5. The summed E-state index contributed by atoms with van der Waals surface area (Å²) in [5.74, 6) is 1.47. The zero-order valence-corrected chi connectivity index (χ0v) is 18.7. The zero-order chi connectivity index (χ0) is 21.2. The second-order valence-corrected chi connectivity index (χ2v) is 7.68. The van der Waals surface area contributed by atoms with Crippen molar-refractivity contribution in [3.8, 4) is 5.75 Å². The van der Waals surface area contributed by atoms with Crippen molar-refractivity contribution >= 4 is 23.2 Å². The largest absolute Gasteiger partial charge is 0.490 e. The number of nitrogens with one attached hydrogen (secondary N) is 3. The summed E-state index contributed by atoms with van der Waals surface area (Å²) in [5, 5.41) is 9.40. The average Bonchev–Trinajstić information content (AvgIpc) is 3.14. The standard InChI is InChI=1S/C21H31N5O2S/c1-6-15(3)28-18-11-14(2)7-8-17(18)12-25-21(22-5)24-10-9-23-20(27)19-16(4)26-13-29-19/h7-8,11,13,15H,6,9-10,12H2,1-5H3,(H,23,27)(H2,22,24,25). The van der Waals surface area contributed by atoms with Gasteiger partial charge in [0.05, 0.1) is 17.3 Å². The highest BCUT2D eigenvalue weighted by Crippen LogP contribution is 2.22. The molecule has 0 saturated carbocycles. The Hall–Kier alpha value is -2.61. The molecule has 1 amide bonds. The van der Waals surface area contributed by atoms with Crippen LogP contribution in [-0.2, 0) is 6.54 Å². The molecule has 2 aromatic rings. The summed E-state index contributed by atoms with van der Waals surface area (Å²) in [5.41, 5.74) is 4.68. The molecular formula is C21H31N5O2S. The number of aryl methyl sites for hydroxylation is 2. The molecule has 1 aromatic heterocycles. The minimum Gasteiger partial charge on any atom is -0.490 e. The first-order valence-corrected chi connectivity index (χ1v) is 10.7. The van der Waals surface area contributed by atoms with Crippen molar-refractivity contribution in [3.05, 3.63) is 45.4 Å². The summed E-state index contributed by atoms with van der Waals surface area (Å²) in [6.45, 7) is 9.72. The quantitative estimate of drug-likeness (QED) is 0.332. The van der Waals surface area contributed by atoms with Crippen LogP contribution in [0.3, 0.4) is 0 Å². The van der Waals surface area contributed by atoms with E-state index in [0.717, 1.165) is 23.4 Å². The second-order valence-electron chi connectivity index (χ2n) is 6.82. The highest BCUT2D eigenvalue weighted by atomic mass is 32.1. The fourth-order valence-electron chi connectivity index (χ4n) is 2.57. The fourth-order valence-corrected chi connectivity index (χ4v) is 3.29. The zero-order valence-electron chi connectivity index (χ0n) is 17.8. The summed E-state index contributed by atoms with van der Waals surface area (Å²) in [4.78, 5) is 21.1. The first kappa shape index (κ1) is 22.7. The molecule has 0 aliphatic carbocycles. The van der Waals surface area contributed by atoms with E-state index in [1.165, 1.54) is 16.9 Å². The van der Waals surface area contributed by atoms with Crippen molar-refractivity contribution in [2.24, 2.45) is 4.99 Å². The number of nitrogens with zero attached hydrogens (tertiary/aromatic N) is 2. The van der Waals surface area contributed by atoms with E-state index >= 15 is 0 Å². The average molecular weight is 418 g/mol. The molecule has 0 fully saturated rings. The van der Waals surface area contributed by atoms with E-state index < -0.39 is 0 Å². The number of carbonyl (C=O) groups is 1. The predicted octanol–water partition coefficient (Wildman–Crippen LogP) is 3.03. The summed E-state index contributed by atoms with van der Waals surface area (Å²) in [7, 11) is 1.72. The number of amides is 1. The van der Waals surface area contributed by atoms with E-state index in [2.05, 4.69) is 64.9 Å². The van der Waals surface area contributed by atoms with Crippen LogP contribution in [0.25, 0.3) is 0 Å². The van der Waals surface area contributed by atoms with Crippen molar-refractivity contribution in [2.75, 3.05) is 20.1 Å². The molecule has 7 nitrogen and oxygen atoms in total. The van der Waals surface area contributed by atoms with Crippen molar-refractivity contribution < 1.29 is 9.53 Å². The Balaban J connectivity index is 1.82. The molecule has 8 heteroatoms. The van der Waals surface area contributed by atoms with Gasteiger partial charge in [-0.3, -0.25) is 9.79 Å². The monoisotopic (exact) mass is 417 g/mol. The van der Waals surface area contributed by atoms with E-state index in [9.17, 15) is 4.79 Å². The summed E-state index contributed by atoms with van der Waals surface area (Å²) < 4.78 is 6.06. The Morgan fingerprint density at radius 1 is 1.24 bits per heavy atom.